The number of halogens is 3. The Balaban J connectivity index is 1.41. The number of phenolic OH excluding ortho intramolecular Hbond substituents is 1. The number of pyridine rings is 1. The maximum Gasteiger partial charge on any atom is 0.319 e. The Morgan fingerprint density at radius 3 is 2.88 bits per heavy atom. The number of aromatic hydroxyl groups is 1. The predicted molar refractivity (Wildman–Crippen MR) is 153 cm³/mol. The molecule has 0 saturated carbocycles. The smallest absolute Gasteiger partial charge is 0.319 e. The lowest BCUT2D eigenvalue weighted by atomic mass is 9.95. The number of ether oxygens (including phenoxy) is 2. The van der Waals surface area contributed by atoms with Gasteiger partial charge < -0.3 is 25.0 Å². The van der Waals surface area contributed by atoms with Crippen molar-refractivity contribution in [2.75, 3.05) is 38.2 Å². The van der Waals surface area contributed by atoms with Crippen LogP contribution in [0.3, 0.4) is 0 Å². The van der Waals surface area contributed by atoms with Crippen molar-refractivity contribution in [1.29, 1.82) is 0 Å². The van der Waals surface area contributed by atoms with Crippen molar-refractivity contribution in [3.05, 3.63) is 41.5 Å². The van der Waals surface area contributed by atoms with Crippen LogP contribution in [-0.4, -0.2) is 80.7 Å². The molecule has 0 amide bonds. The number of hydrogen-bond donors (Lipinski definition) is 3. The zero-order chi connectivity index (χ0) is 29.9. The molecule has 0 unspecified atom stereocenters. The lowest BCUT2D eigenvalue weighted by Crippen LogP contribution is -2.43. The minimum atomic E-state index is -0.951. The summed E-state index contributed by atoms with van der Waals surface area (Å²) in [5.41, 5.74) is -0.985. The number of nitrogens with one attached hydrogen (secondary N) is 1. The summed E-state index contributed by atoms with van der Waals surface area (Å²) in [6.45, 7) is 1.19. The Bertz CT molecular complexity index is 1820. The number of hydrogen-bond acceptors (Lipinski definition) is 9. The lowest BCUT2D eigenvalue weighted by Gasteiger charge is -2.30. The molecule has 3 aliphatic heterocycles. The Hall–Kier alpha value is -4.34. The molecule has 4 aromatic rings. The molecule has 0 bridgehead atoms. The van der Waals surface area contributed by atoms with Crippen LogP contribution in [0.15, 0.2) is 24.3 Å². The number of anilines is 1. The standard InChI is InChI=1S/C31H28F3N5O4/c1-2-20-22(33)5-4-16-10-19(41)11-21(23(16)20)26-25(34)27-24-28(35-18(6-9-40)14-42-29(24)36-26)38-30(37-27)43-15-31-7-3-8-39(31)13-17(32)12-31/h1,4-5,10-11,17-18,40-41H,3,6-9,12-15H2,(H,35,37,38)/t17-,18+,31+/m1/s1. The summed E-state index contributed by atoms with van der Waals surface area (Å²) in [5, 5.41) is 24.0. The van der Waals surface area contributed by atoms with Gasteiger partial charge in [0, 0.05) is 30.5 Å². The van der Waals surface area contributed by atoms with E-state index in [1.807, 2.05) is 0 Å². The summed E-state index contributed by atoms with van der Waals surface area (Å²) < 4.78 is 57.8. The molecule has 3 atom stereocenters. The van der Waals surface area contributed by atoms with Gasteiger partial charge in [-0.25, -0.2) is 18.2 Å². The average molecular weight is 592 g/mol. The number of alkyl halides is 1. The van der Waals surface area contributed by atoms with Crippen molar-refractivity contribution >= 4 is 27.5 Å². The number of aromatic nitrogens is 3. The van der Waals surface area contributed by atoms with Gasteiger partial charge in [-0.2, -0.15) is 9.97 Å². The highest BCUT2D eigenvalue weighted by atomic mass is 19.1. The van der Waals surface area contributed by atoms with E-state index in [2.05, 4.69) is 31.1 Å². The first kappa shape index (κ1) is 27.5. The highest BCUT2D eigenvalue weighted by Crippen LogP contribution is 2.43. The Labute approximate surface area is 244 Å². The van der Waals surface area contributed by atoms with Gasteiger partial charge in [0.1, 0.15) is 53.4 Å². The first-order valence-corrected chi connectivity index (χ1v) is 14.2. The molecule has 0 spiro atoms. The number of nitrogens with zero attached hydrogens (tertiary/aromatic N) is 4. The summed E-state index contributed by atoms with van der Waals surface area (Å²) in [5.74, 6) is 0.766. The molecule has 2 aromatic heterocycles. The molecule has 3 N–H and O–H groups in total. The second-order valence-corrected chi connectivity index (χ2v) is 11.3. The van der Waals surface area contributed by atoms with Crippen molar-refractivity contribution in [3.63, 3.8) is 0 Å². The fourth-order valence-corrected chi connectivity index (χ4v) is 6.70. The summed E-state index contributed by atoms with van der Waals surface area (Å²) >= 11 is 0. The minimum absolute atomic E-state index is 0.00710. The molecule has 0 aliphatic carbocycles. The largest absolute Gasteiger partial charge is 0.508 e. The molecular formula is C31H28F3N5O4. The quantitative estimate of drug-likeness (QED) is 0.282. The maximum absolute atomic E-state index is 16.6. The summed E-state index contributed by atoms with van der Waals surface area (Å²) in [4.78, 5) is 15.5. The van der Waals surface area contributed by atoms with E-state index in [4.69, 9.17) is 15.9 Å². The minimum Gasteiger partial charge on any atom is -0.508 e. The van der Waals surface area contributed by atoms with Crippen LogP contribution in [0.1, 0.15) is 31.2 Å². The predicted octanol–water partition coefficient (Wildman–Crippen LogP) is 4.32. The molecule has 0 radical (unpaired) electrons. The van der Waals surface area contributed by atoms with Gasteiger partial charge in [0.05, 0.1) is 17.1 Å². The van der Waals surface area contributed by atoms with E-state index in [-0.39, 0.29) is 76.4 Å². The topological polar surface area (TPSA) is 113 Å². The van der Waals surface area contributed by atoms with Crippen LogP contribution < -0.4 is 14.8 Å². The van der Waals surface area contributed by atoms with Crippen LogP contribution >= 0.6 is 0 Å². The number of terminal acetylenes is 1. The third-order valence-electron chi connectivity index (χ3n) is 8.65. The van der Waals surface area contributed by atoms with Gasteiger partial charge in [0.25, 0.3) is 0 Å². The highest BCUT2D eigenvalue weighted by molar-refractivity contribution is 6.04. The van der Waals surface area contributed by atoms with E-state index in [0.29, 0.717) is 24.8 Å². The SMILES string of the molecule is C#Cc1c(F)ccc2cc(O)cc(-c3nc4c5c(nc(OC[C@@]67CCCN6C[C@H](F)C7)nc5c3F)N[C@@H](CCO)CO4)c12. The number of aliphatic hydroxyl groups is 1. The van der Waals surface area contributed by atoms with E-state index in [0.717, 1.165) is 19.4 Å². The Morgan fingerprint density at radius 1 is 1.21 bits per heavy atom. The van der Waals surface area contributed by atoms with Crippen molar-refractivity contribution in [2.24, 2.45) is 0 Å². The fourth-order valence-electron chi connectivity index (χ4n) is 6.70. The van der Waals surface area contributed by atoms with Crippen molar-refractivity contribution < 1.29 is 32.9 Å². The van der Waals surface area contributed by atoms with Gasteiger partial charge in [-0.15, -0.1) is 6.42 Å². The maximum atomic E-state index is 16.6. The number of benzene rings is 2. The van der Waals surface area contributed by atoms with Crippen LogP contribution in [-0.2, 0) is 0 Å². The number of phenols is 1. The van der Waals surface area contributed by atoms with Crippen molar-refractivity contribution in [2.45, 2.75) is 43.4 Å². The van der Waals surface area contributed by atoms with Crippen LogP contribution in [0.2, 0.25) is 0 Å². The molecule has 43 heavy (non-hydrogen) atoms. The van der Waals surface area contributed by atoms with Crippen LogP contribution in [0.25, 0.3) is 32.9 Å². The molecule has 5 heterocycles. The van der Waals surface area contributed by atoms with E-state index < -0.39 is 29.4 Å². The fraction of sp³-hybridized carbons (Fsp3) is 0.387. The van der Waals surface area contributed by atoms with E-state index >= 15 is 4.39 Å². The van der Waals surface area contributed by atoms with Gasteiger partial charge in [0.2, 0.25) is 5.88 Å². The van der Waals surface area contributed by atoms with Gasteiger partial charge in [0.15, 0.2) is 5.82 Å². The van der Waals surface area contributed by atoms with E-state index in [1.54, 1.807) is 0 Å². The number of aliphatic hydroxyl groups excluding tert-OH is 1. The van der Waals surface area contributed by atoms with Crippen molar-refractivity contribution in [1.82, 2.24) is 19.9 Å². The third-order valence-corrected chi connectivity index (χ3v) is 8.65. The van der Waals surface area contributed by atoms with Gasteiger partial charge >= 0.3 is 6.01 Å². The average Bonchev–Trinajstić information content (AvgIpc) is 3.44. The third kappa shape index (κ3) is 4.54. The highest BCUT2D eigenvalue weighted by Gasteiger charge is 2.49. The molecular weight excluding hydrogens is 563 g/mol. The summed E-state index contributed by atoms with van der Waals surface area (Å²) in [7, 11) is 0. The first-order chi connectivity index (χ1) is 20.8. The monoisotopic (exact) mass is 591 g/mol. The van der Waals surface area contributed by atoms with E-state index in [9.17, 15) is 19.0 Å². The molecule has 7 rings (SSSR count). The molecule has 2 aromatic carbocycles. The lowest BCUT2D eigenvalue weighted by molar-refractivity contribution is 0.107. The van der Waals surface area contributed by atoms with Crippen LogP contribution in [0.5, 0.6) is 17.6 Å². The molecule has 2 saturated heterocycles. The molecule has 222 valence electrons. The summed E-state index contributed by atoms with van der Waals surface area (Å²) in [6, 6.07) is 4.75. The van der Waals surface area contributed by atoms with Gasteiger partial charge in [-0.1, -0.05) is 12.0 Å². The normalized spacial score (nSPS) is 23.0. The van der Waals surface area contributed by atoms with E-state index in [1.165, 1.54) is 24.3 Å². The molecule has 2 fully saturated rings. The Kier molecular flexibility index (Phi) is 6.67. The molecule has 3 aliphatic rings. The number of fused-ring (bicyclic) bond motifs is 2. The van der Waals surface area contributed by atoms with Crippen LogP contribution in [0, 0.1) is 24.0 Å². The van der Waals surface area contributed by atoms with Gasteiger partial charge in [-0.3, -0.25) is 4.90 Å². The molecule has 9 nitrogen and oxygen atoms in total. The van der Waals surface area contributed by atoms with Gasteiger partial charge in [-0.05, 0) is 49.4 Å². The zero-order valence-corrected chi connectivity index (χ0v) is 23.0. The number of rotatable bonds is 6. The van der Waals surface area contributed by atoms with Crippen LogP contribution in [0.4, 0.5) is 19.0 Å². The summed E-state index contributed by atoms with van der Waals surface area (Å²) in [6.07, 6.45) is 7.03. The Morgan fingerprint density at radius 2 is 2.07 bits per heavy atom. The second-order valence-electron chi connectivity index (χ2n) is 11.3. The first-order valence-electron chi connectivity index (χ1n) is 14.2. The zero-order valence-electron chi connectivity index (χ0n) is 23.0. The second kappa shape index (κ2) is 10.4. The van der Waals surface area contributed by atoms with Crippen molar-refractivity contribution in [3.8, 4) is 41.2 Å². The molecule has 12 heteroatoms.